The van der Waals surface area contributed by atoms with Crippen molar-refractivity contribution in [1.29, 1.82) is 0 Å². The molecule has 2 fully saturated rings. The topological polar surface area (TPSA) is 24.5 Å². The molecule has 1 N–H and O–H groups in total. The molecule has 0 amide bonds. The first-order valence-electron chi connectivity index (χ1n) is 8.31. The highest BCUT2D eigenvalue weighted by atomic mass is 16.5. The zero-order chi connectivity index (χ0) is 13.7. The number of hydrogen-bond acceptors (Lipinski definition) is 3. The lowest BCUT2D eigenvalue weighted by atomic mass is 9.91. The summed E-state index contributed by atoms with van der Waals surface area (Å²) in [5, 5.41) is 3.70. The summed E-state index contributed by atoms with van der Waals surface area (Å²) in [5.74, 6) is 1.56. The molecule has 0 saturated carbocycles. The maximum atomic E-state index is 5.82. The summed E-state index contributed by atoms with van der Waals surface area (Å²) in [6.45, 7) is 12.8. The Bertz CT molecular complexity index is 259. The summed E-state index contributed by atoms with van der Waals surface area (Å²) in [4.78, 5) is 2.68. The Morgan fingerprint density at radius 1 is 1.26 bits per heavy atom. The van der Waals surface area contributed by atoms with Crippen molar-refractivity contribution in [2.75, 3.05) is 32.8 Å². The molecule has 3 nitrogen and oxygen atoms in total. The smallest absolute Gasteiger partial charge is 0.0613 e. The van der Waals surface area contributed by atoms with Crippen molar-refractivity contribution in [3.63, 3.8) is 0 Å². The molecule has 0 radical (unpaired) electrons. The summed E-state index contributed by atoms with van der Waals surface area (Å²) < 4.78 is 5.82. The van der Waals surface area contributed by atoms with Gasteiger partial charge in [0, 0.05) is 25.7 Å². The minimum atomic E-state index is 0.520. The van der Waals surface area contributed by atoms with Crippen LogP contribution >= 0.6 is 0 Å². The van der Waals surface area contributed by atoms with Gasteiger partial charge in [0.1, 0.15) is 0 Å². The average Bonchev–Trinajstić information content (AvgIpc) is 2.85. The average molecular weight is 268 g/mol. The Morgan fingerprint density at radius 2 is 2.11 bits per heavy atom. The van der Waals surface area contributed by atoms with E-state index in [4.69, 9.17) is 4.74 Å². The van der Waals surface area contributed by atoms with Gasteiger partial charge in [-0.3, -0.25) is 0 Å². The summed E-state index contributed by atoms with van der Waals surface area (Å²) in [6.07, 6.45) is 5.51. The zero-order valence-corrected chi connectivity index (χ0v) is 13.0. The minimum absolute atomic E-state index is 0.520. The van der Waals surface area contributed by atoms with Gasteiger partial charge < -0.3 is 15.0 Å². The Balaban J connectivity index is 1.75. The van der Waals surface area contributed by atoms with Crippen LogP contribution in [0, 0.1) is 11.8 Å². The van der Waals surface area contributed by atoms with Crippen molar-refractivity contribution in [2.24, 2.45) is 11.8 Å². The van der Waals surface area contributed by atoms with Gasteiger partial charge in [-0.15, -0.1) is 0 Å². The Labute approximate surface area is 119 Å². The molecule has 0 aromatic carbocycles. The van der Waals surface area contributed by atoms with Crippen molar-refractivity contribution in [3.8, 4) is 0 Å². The number of piperidine rings is 1. The molecule has 0 aliphatic carbocycles. The lowest BCUT2D eigenvalue weighted by Gasteiger charge is -2.39. The number of nitrogens with zero attached hydrogens (tertiary/aromatic N) is 1. The quantitative estimate of drug-likeness (QED) is 0.801. The van der Waals surface area contributed by atoms with Gasteiger partial charge in [0.15, 0.2) is 0 Å². The second kappa shape index (κ2) is 7.61. The van der Waals surface area contributed by atoms with Crippen LogP contribution < -0.4 is 5.32 Å². The molecule has 0 aromatic heterocycles. The summed E-state index contributed by atoms with van der Waals surface area (Å²) in [6, 6.07) is 0.734. The van der Waals surface area contributed by atoms with Gasteiger partial charge in [-0.1, -0.05) is 20.8 Å². The molecule has 3 heteroatoms. The normalized spacial score (nSPS) is 36.8. The molecule has 2 saturated heterocycles. The van der Waals surface area contributed by atoms with Gasteiger partial charge in [0.05, 0.1) is 6.10 Å². The van der Waals surface area contributed by atoms with E-state index in [0.29, 0.717) is 6.10 Å². The Hall–Kier alpha value is -0.120. The maximum absolute atomic E-state index is 5.82. The first kappa shape index (κ1) is 15.3. The molecule has 0 aromatic rings. The minimum Gasteiger partial charge on any atom is -0.378 e. The van der Waals surface area contributed by atoms with Gasteiger partial charge in [0.25, 0.3) is 0 Å². The van der Waals surface area contributed by atoms with Crippen molar-refractivity contribution >= 4 is 0 Å². The molecule has 19 heavy (non-hydrogen) atoms. The van der Waals surface area contributed by atoms with Crippen LogP contribution in [0.5, 0.6) is 0 Å². The first-order valence-corrected chi connectivity index (χ1v) is 8.31. The molecule has 112 valence electrons. The fourth-order valence-corrected chi connectivity index (χ4v) is 3.72. The lowest BCUT2D eigenvalue weighted by molar-refractivity contribution is 0.0639. The molecule has 0 spiro atoms. The molecule has 4 atom stereocenters. The van der Waals surface area contributed by atoms with Crippen molar-refractivity contribution in [1.82, 2.24) is 10.2 Å². The Kier molecular flexibility index (Phi) is 6.11. The summed E-state index contributed by atoms with van der Waals surface area (Å²) in [5.41, 5.74) is 0. The number of hydrogen-bond donors (Lipinski definition) is 1. The van der Waals surface area contributed by atoms with Gasteiger partial charge in [-0.2, -0.15) is 0 Å². The van der Waals surface area contributed by atoms with E-state index >= 15 is 0 Å². The maximum Gasteiger partial charge on any atom is 0.0613 e. The highest BCUT2D eigenvalue weighted by Gasteiger charge is 2.31. The fourth-order valence-electron chi connectivity index (χ4n) is 3.72. The van der Waals surface area contributed by atoms with Crippen LogP contribution in [0.3, 0.4) is 0 Å². The van der Waals surface area contributed by atoms with Crippen LogP contribution in [0.25, 0.3) is 0 Å². The van der Waals surface area contributed by atoms with Crippen LogP contribution in [0.15, 0.2) is 0 Å². The number of ether oxygens (including phenoxy) is 1. The van der Waals surface area contributed by atoms with Crippen molar-refractivity contribution in [3.05, 3.63) is 0 Å². The van der Waals surface area contributed by atoms with Crippen LogP contribution in [0.4, 0.5) is 0 Å². The first-order chi connectivity index (χ1) is 9.24. The third-order valence-corrected chi connectivity index (χ3v) is 4.89. The monoisotopic (exact) mass is 268 g/mol. The largest absolute Gasteiger partial charge is 0.378 e. The van der Waals surface area contributed by atoms with E-state index in [9.17, 15) is 0 Å². The highest BCUT2D eigenvalue weighted by Crippen LogP contribution is 2.26. The van der Waals surface area contributed by atoms with E-state index < -0.39 is 0 Å². The molecule has 2 rings (SSSR count). The standard InChI is InChI=1S/C16H32N2O/c1-4-8-17-15-6-9-18(11-13(15)3)12-14-7-10-19-16(14)5-2/h13-17H,4-12H2,1-3H3. The molecule has 2 aliphatic rings. The van der Waals surface area contributed by atoms with Gasteiger partial charge in [0.2, 0.25) is 0 Å². The Morgan fingerprint density at radius 3 is 2.79 bits per heavy atom. The number of likely N-dealkylation sites (tertiary alicyclic amines) is 1. The fraction of sp³-hybridized carbons (Fsp3) is 1.00. The number of nitrogens with one attached hydrogen (secondary N) is 1. The van der Waals surface area contributed by atoms with Crippen LogP contribution in [-0.4, -0.2) is 49.8 Å². The van der Waals surface area contributed by atoms with Crippen LogP contribution in [-0.2, 0) is 4.74 Å². The van der Waals surface area contributed by atoms with Crippen LogP contribution in [0.1, 0.15) is 46.5 Å². The summed E-state index contributed by atoms with van der Waals surface area (Å²) >= 11 is 0. The zero-order valence-electron chi connectivity index (χ0n) is 13.0. The second-order valence-electron chi connectivity index (χ2n) is 6.45. The van der Waals surface area contributed by atoms with Gasteiger partial charge in [-0.25, -0.2) is 0 Å². The molecule has 0 bridgehead atoms. The molecule has 2 aliphatic heterocycles. The van der Waals surface area contributed by atoms with Gasteiger partial charge >= 0.3 is 0 Å². The van der Waals surface area contributed by atoms with Crippen molar-refractivity contribution in [2.45, 2.75) is 58.6 Å². The predicted octanol–water partition coefficient (Wildman–Crippen LogP) is 2.51. The van der Waals surface area contributed by atoms with Gasteiger partial charge in [-0.05, 0) is 50.6 Å². The van der Waals surface area contributed by atoms with E-state index in [1.54, 1.807) is 0 Å². The van der Waals surface area contributed by atoms with E-state index in [-0.39, 0.29) is 0 Å². The highest BCUT2D eigenvalue weighted by molar-refractivity contribution is 4.86. The SMILES string of the molecule is CCCNC1CCN(CC2CCOC2CC)CC1C. The lowest BCUT2D eigenvalue weighted by Crippen LogP contribution is -2.49. The second-order valence-corrected chi connectivity index (χ2v) is 6.45. The summed E-state index contributed by atoms with van der Waals surface area (Å²) in [7, 11) is 0. The third-order valence-electron chi connectivity index (χ3n) is 4.89. The van der Waals surface area contributed by atoms with Crippen molar-refractivity contribution < 1.29 is 4.74 Å². The predicted molar refractivity (Wildman–Crippen MR) is 80.4 cm³/mol. The van der Waals surface area contributed by atoms with E-state index in [1.165, 1.54) is 51.9 Å². The van der Waals surface area contributed by atoms with E-state index in [1.807, 2.05) is 0 Å². The molecular weight excluding hydrogens is 236 g/mol. The molecule has 2 heterocycles. The van der Waals surface area contributed by atoms with Crippen LogP contribution in [0.2, 0.25) is 0 Å². The molecule has 4 unspecified atom stereocenters. The molecular formula is C16H32N2O. The number of rotatable bonds is 6. The third kappa shape index (κ3) is 4.17. The van der Waals surface area contributed by atoms with E-state index in [2.05, 4.69) is 31.0 Å². The van der Waals surface area contributed by atoms with E-state index in [0.717, 1.165) is 24.5 Å².